The van der Waals surface area contributed by atoms with Crippen LogP contribution in [0.15, 0.2) is 30.7 Å². The average Bonchev–Trinajstić information content (AvgIpc) is 2.91. The number of nitrogens with one attached hydrogen (secondary N) is 1. The molecule has 2 aromatic rings. The first-order valence-corrected chi connectivity index (χ1v) is 6.03. The van der Waals surface area contributed by atoms with Crippen LogP contribution in [0.5, 0.6) is 0 Å². The quantitative estimate of drug-likeness (QED) is 0.648. The molecule has 0 aromatic carbocycles. The molecule has 0 radical (unpaired) electrons. The number of hydrogen-bond acceptors (Lipinski definition) is 6. The zero-order chi connectivity index (χ0) is 15.6. The van der Waals surface area contributed by atoms with Crippen LogP contribution in [0, 0.1) is 10.1 Å². The van der Waals surface area contributed by atoms with Gasteiger partial charge in [-0.25, -0.2) is 4.98 Å². The van der Waals surface area contributed by atoms with E-state index in [0.29, 0.717) is 11.5 Å². The minimum atomic E-state index is -1.10. The molecule has 22 heavy (non-hydrogen) atoms. The first-order valence-electron chi connectivity index (χ1n) is 6.03. The molecule has 0 aliphatic carbocycles. The van der Waals surface area contributed by atoms with Crippen LogP contribution >= 0.6 is 12.4 Å². The predicted octanol–water partition coefficient (Wildman–Crippen LogP) is 1.56. The van der Waals surface area contributed by atoms with E-state index in [1.165, 1.54) is 17.1 Å². The smallest absolute Gasteiger partial charge is 0.307 e. The van der Waals surface area contributed by atoms with Gasteiger partial charge in [0.05, 0.1) is 16.8 Å². The van der Waals surface area contributed by atoms with Crippen LogP contribution in [0.1, 0.15) is 13.8 Å². The summed E-state index contributed by atoms with van der Waals surface area (Å²) >= 11 is 0. The van der Waals surface area contributed by atoms with Crippen molar-refractivity contribution in [1.29, 1.82) is 0 Å². The molecule has 1 amide bonds. The maximum absolute atomic E-state index is 12.3. The van der Waals surface area contributed by atoms with Gasteiger partial charge in [0.1, 0.15) is 23.8 Å². The van der Waals surface area contributed by atoms with Gasteiger partial charge in [0.2, 0.25) is 0 Å². The fraction of sp³-hybridized carbons (Fsp3) is 0.250. The van der Waals surface area contributed by atoms with Crippen molar-refractivity contribution in [2.24, 2.45) is 0 Å². The molecule has 0 fully saturated rings. The molecule has 0 atom stereocenters. The van der Waals surface area contributed by atoms with Crippen LogP contribution in [-0.2, 0) is 10.3 Å². The molecule has 0 saturated heterocycles. The average molecular weight is 327 g/mol. The molecule has 0 saturated carbocycles. The van der Waals surface area contributed by atoms with Crippen LogP contribution < -0.4 is 11.1 Å². The van der Waals surface area contributed by atoms with E-state index in [0.717, 1.165) is 6.20 Å². The van der Waals surface area contributed by atoms with Gasteiger partial charge < -0.3 is 11.1 Å². The normalized spacial score (nSPS) is 10.6. The zero-order valence-corrected chi connectivity index (χ0v) is 12.7. The Morgan fingerprint density at radius 3 is 2.59 bits per heavy atom. The topological polar surface area (TPSA) is 129 Å². The van der Waals surface area contributed by atoms with Crippen LogP contribution in [0.25, 0.3) is 0 Å². The number of nitrogens with zero attached hydrogens (tertiary/aromatic N) is 4. The van der Waals surface area contributed by atoms with E-state index in [2.05, 4.69) is 15.4 Å². The Morgan fingerprint density at radius 1 is 1.41 bits per heavy atom. The number of nitro groups is 1. The van der Waals surface area contributed by atoms with Gasteiger partial charge in [0, 0.05) is 0 Å². The summed E-state index contributed by atoms with van der Waals surface area (Å²) in [4.78, 5) is 26.3. The third-order valence-electron chi connectivity index (χ3n) is 2.95. The molecule has 0 aliphatic heterocycles. The van der Waals surface area contributed by atoms with Gasteiger partial charge in [-0.3, -0.25) is 19.6 Å². The van der Waals surface area contributed by atoms with E-state index in [-0.39, 0.29) is 24.0 Å². The molecule has 2 rings (SSSR count). The monoisotopic (exact) mass is 326 g/mol. The van der Waals surface area contributed by atoms with Crippen LogP contribution in [0.2, 0.25) is 0 Å². The summed E-state index contributed by atoms with van der Waals surface area (Å²) in [6.07, 6.45) is 3.73. The first kappa shape index (κ1) is 17.4. The van der Waals surface area contributed by atoms with Gasteiger partial charge in [0.25, 0.3) is 5.91 Å². The van der Waals surface area contributed by atoms with Crippen molar-refractivity contribution < 1.29 is 9.72 Å². The van der Waals surface area contributed by atoms with Gasteiger partial charge >= 0.3 is 5.69 Å². The van der Waals surface area contributed by atoms with Crippen molar-refractivity contribution in [2.45, 2.75) is 19.4 Å². The van der Waals surface area contributed by atoms with Crippen molar-refractivity contribution in [1.82, 2.24) is 14.8 Å². The predicted molar refractivity (Wildman–Crippen MR) is 82.7 cm³/mol. The Morgan fingerprint density at radius 2 is 2.09 bits per heavy atom. The number of carbonyl (C=O) groups excluding carboxylic acids is 1. The number of anilines is 2. The number of rotatable bonds is 4. The van der Waals surface area contributed by atoms with Gasteiger partial charge in [-0.15, -0.1) is 12.4 Å². The molecule has 2 heterocycles. The highest BCUT2D eigenvalue weighted by atomic mass is 35.5. The van der Waals surface area contributed by atoms with Gasteiger partial charge in [-0.1, -0.05) is 0 Å². The fourth-order valence-corrected chi connectivity index (χ4v) is 1.58. The Labute approximate surface area is 132 Å². The highest BCUT2D eigenvalue weighted by Crippen LogP contribution is 2.20. The number of aromatic nitrogens is 3. The standard InChI is InChI=1S/C12H14N6O3.ClH/c1-12(2,17-7-9(6-15-17)18(20)21)11(19)16-8-3-4-10(13)14-5-8;/h3-7H,1-2H3,(H2,13,14)(H,16,19);1H. The number of nitrogen functional groups attached to an aromatic ring is 1. The maximum Gasteiger partial charge on any atom is 0.307 e. The van der Waals surface area contributed by atoms with Crippen molar-refractivity contribution in [2.75, 3.05) is 11.1 Å². The molecule has 0 unspecified atom stereocenters. The van der Waals surface area contributed by atoms with E-state index >= 15 is 0 Å². The van der Waals surface area contributed by atoms with Crippen molar-refractivity contribution in [3.05, 3.63) is 40.8 Å². The van der Waals surface area contributed by atoms with Crippen molar-refractivity contribution in [3.8, 4) is 0 Å². The summed E-state index contributed by atoms with van der Waals surface area (Å²) in [6, 6.07) is 3.17. The van der Waals surface area contributed by atoms with E-state index in [9.17, 15) is 14.9 Å². The highest BCUT2D eigenvalue weighted by Gasteiger charge is 2.32. The van der Waals surface area contributed by atoms with E-state index < -0.39 is 10.5 Å². The fourth-order valence-electron chi connectivity index (χ4n) is 1.58. The van der Waals surface area contributed by atoms with Crippen molar-refractivity contribution >= 4 is 35.5 Å². The van der Waals surface area contributed by atoms with Crippen LogP contribution in [-0.4, -0.2) is 25.6 Å². The van der Waals surface area contributed by atoms with Gasteiger partial charge in [-0.2, -0.15) is 5.10 Å². The Balaban J connectivity index is 0.00000242. The van der Waals surface area contributed by atoms with E-state index in [4.69, 9.17) is 5.73 Å². The highest BCUT2D eigenvalue weighted by molar-refractivity contribution is 5.96. The molecule has 2 aromatic heterocycles. The van der Waals surface area contributed by atoms with E-state index in [1.54, 1.807) is 26.0 Å². The number of amides is 1. The summed E-state index contributed by atoms with van der Waals surface area (Å²) in [6.45, 7) is 3.20. The summed E-state index contributed by atoms with van der Waals surface area (Å²) in [5.41, 5.74) is 4.66. The summed E-state index contributed by atoms with van der Waals surface area (Å²) in [5.74, 6) is -0.0398. The van der Waals surface area contributed by atoms with Crippen LogP contribution in [0.3, 0.4) is 0 Å². The largest absolute Gasteiger partial charge is 0.384 e. The third-order valence-corrected chi connectivity index (χ3v) is 2.95. The van der Waals surface area contributed by atoms with Crippen LogP contribution in [0.4, 0.5) is 17.2 Å². The van der Waals surface area contributed by atoms with E-state index in [1.807, 2.05) is 0 Å². The molecular weight excluding hydrogens is 312 g/mol. The third kappa shape index (κ3) is 3.50. The molecule has 118 valence electrons. The van der Waals surface area contributed by atoms with Gasteiger partial charge in [0.15, 0.2) is 0 Å². The molecule has 0 spiro atoms. The number of hydrogen-bond donors (Lipinski definition) is 2. The minimum Gasteiger partial charge on any atom is -0.384 e. The number of carbonyl (C=O) groups is 1. The number of nitrogens with two attached hydrogens (primary N) is 1. The second kappa shape index (κ2) is 6.39. The molecule has 0 aliphatic rings. The summed E-state index contributed by atoms with van der Waals surface area (Å²) in [7, 11) is 0. The Bertz CT molecular complexity index is 682. The SMILES string of the molecule is CC(C)(C(=O)Nc1ccc(N)nc1)n1cc([N+](=O)[O-])cn1.Cl. The lowest BCUT2D eigenvalue weighted by Gasteiger charge is -2.23. The molecule has 3 N–H and O–H groups in total. The van der Waals surface area contributed by atoms with Gasteiger partial charge in [-0.05, 0) is 26.0 Å². The molecule has 0 bridgehead atoms. The summed E-state index contributed by atoms with van der Waals surface area (Å²) in [5, 5.41) is 17.2. The minimum absolute atomic E-state index is 0. The lowest BCUT2D eigenvalue weighted by Crippen LogP contribution is -2.40. The number of halogens is 1. The zero-order valence-electron chi connectivity index (χ0n) is 11.9. The Kier molecular flexibility index (Phi) is 5.05. The summed E-state index contributed by atoms with van der Waals surface area (Å²) < 4.78 is 1.24. The molecule has 10 heteroatoms. The maximum atomic E-state index is 12.3. The lowest BCUT2D eigenvalue weighted by molar-refractivity contribution is -0.385. The lowest BCUT2D eigenvalue weighted by atomic mass is 10.1. The second-order valence-electron chi connectivity index (χ2n) is 4.89. The second-order valence-corrected chi connectivity index (χ2v) is 4.89. The molecular formula is C12H15ClN6O3. The Hall–Kier alpha value is -2.68. The molecule has 9 nitrogen and oxygen atoms in total. The van der Waals surface area contributed by atoms with Crippen molar-refractivity contribution in [3.63, 3.8) is 0 Å². The number of pyridine rings is 1. The first-order chi connectivity index (χ1) is 9.80.